The fourth-order valence-electron chi connectivity index (χ4n) is 2.25. The van der Waals surface area contributed by atoms with Crippen molar-refractivity contribution < 1.29 is 4.42 Å². The van der Waals surface area contributed by atoms with Crippen LogP contribution in [0.1, 0.15) is 36.7 Å². The monoisotopic (exact) mass is 296 g/mol. The first-order chi connectivity index (χ1) is 10.8. The average Bonchev–Trinajstić information content (AvgIpc) is 3.06. The zero-order chi connectivity index (χ0) is 15.4. The number of H-pyrrole nitrogens is 1. The molecule has 0 bridgehead atoms. The van der Waals surface area contributed by atoms with E-state index in [1.807, 2.05) is 18.2 Å². The van der Waals surface area contributed by atoms with Gasteiger partial charge in [-0.3, -0.25) is 4.79 Å². The minimum atomic E-state index is -0.0562. The zero-order valence-electron chi connectivity index (χ0n) is 12.2. The highest BCUT2D eigenvalue weighted by molar-refractivity contribution is 5.80. The number of aryl methyl sites for hydroxylation is 1. The summed E-state index contributed by atoms with van der Waals surface area (Å²) in [5, 5.41) is 14.0. The number of aromatic nitrogens is 4. The molecule has 0 unspecified atom stereocenters. The lowest BCUT2D eigenvalue weighted by Gasteiger charge is -2.03. The van der Waals surface area contributed by atoms with Crippen LogP contribution in [0.2, 0.25) is 0 Å². The highest BCUT2D eigenvalue weighted by atomic mass is 16.3. The number of aromatic amines is 1. The molecular weight excluding hydrogens is 280 g/mol. The summed E-state index contributed by atoms with van der Waals surface area (Å²) in [5.74, 6) is 0.413. The number of benzene rings is 1. The minimum absolute atomic E-state index is 0.0562. The van der Waals surface area contributed by atoms with Gasteiger partial charge < -0.3 is 4.42 Å². The fourth-order valence-corrected chi connectivity index (χ4v) is 2.25. The van der Waals surface area contributed by atoms with Crippen LogP contribution in [0, 0.1) is 0 Å². The van der Waals surface area contributed by atoms with Gasteiger partial charge in [0.1, 0.15) is 11.8 Å². The van der Waals surface area contributed by atoms with Gasteiger partial charge >= 0.3 is 0 Å². The number of hydrogen-bond acceptors (Lipinski definition) is 5. The number of nitrogens with zero attached hydrogens (tertiary/aromatic N) is 3. The summed E-state index contributed by atoms with van der Waals surface area (Å²) < 4.78 is 5.54. The number of fused-ring (bicyclic) bond motifs is 1. The van der Waals surface area contributed by atoms with Crippen LogP contribution in [0.4, 0.5) is 0 Å². The summed E-state index contributed by atoms with van der Waals surface area (Å²) in [6.07, 6.45) is 7.90. The van der Waals surface area contributed by atoms with Gasteiger partial charge in [-0.2, -0.15) is 5.21 Å². The second kappa shape index (κ2) is 6.34. The standard InChI is InChI=1S/C16H16N4O2/c1-2-3-4-11-5-7-14-13(9-11)16(21)12(10-22-14)6-8-15-17-19-20-18-15/h5-10H,2-4H2,1H3,(H,17,18,19,20). The molecule has 0 radical (unpaired) electrons. The van der Waals surface area contributed by atoms with E-state index in [0.717, 1.165) is 24.8 Å². The summed E-state index contributed by atoms with van der Waals surface area (Å²) >= 11 is 0. The second-order valence-electron chi connectivity index (χ2n) is 5.06. The van der Waals surface area contributed by atoms with Gasteiger partial charge in [0, 0.05) is 0 Å². The van der Waals surface area contributed by atoms with Gasteiger partial charge in [0.2, 0.25) is 0 Å². The van der Waals surface area contributed by atoms with Crippen LogP contribution in [-0.4, -0.2) is 20.6 Å². The third-order valence-electron chi connectivity index (χ3n) is 3.46. The van der Waals surface area contributed by atoms with E-state index in [1.165, 1.54) is 6.26 Å². The molecule has 1 aromatic carbocycles. The van der Waals surface area contributed by atoms with Crippen LogP contribution in [0.3, 0.4) is 0 Å². The maximum absolute atomic E-state index is 12.5. The maximum atomic E-state index is 12.5. The Labute approximate surface area is 126 Å². The second-order valence-corrected chi connectivity index (χ2v) is 5.06. The molecule has 1 N–H and O–H groups in total. The van der Waals surface area contributed by atoms with Crippen molar-refractivity contribution in [2.24, 2.45) is 0 Å². The van der Waals surface area contributed by atoms with Gasteiger partial charge in [-0.25, -0.2) is 0 Å². The van der Waals surface area contributed by atoms with Crippen molar-refractivity contribution in [3.05, 3.63) is 51.6 Å². The lowest BCUT2D eigenvalue weighted by Crippen LogP contribution is -2.05. The molecule has 0 atom stereocenters. The zero-order valence-corrected chi connectivity index (χ0v) is 12.2. The summed E-state index contributed by atoms with van der Waals surface area (Å²) in [5.41, 5.74) is 2.16. The summed E-state index contributed by atoms with van der Waals surface area (Å²) in [4.78, 5) is 12.5. The normalized spacial score (nSPS) is 11.5. The number of nitrogens with one attached hydrogen (secondary N) is 1. The van der Waals surface area contributed by atoms with E-state index in [1.54, 1.807) is 12.2 Å². The van der Waals surface area contributed by atoms with Crippen molar-refractivity contribution in [3.63, 3.8) is 0 Å². The molecule has 0 aliphatic carbocycles. The van der Waals surface area contributed by atoms with Crippen molar-refractivity contribution in [2.45, 2.75) is 26.2 Å². The quantitative estimate of drug-likeness (QED) is 0.782. The van der Waals surface area contributed by atoms with Gasteiger partial charge in [-0.05, 0) is 47.9 Å². The van der Waals surface area contributed by atoms with Crippen LogP contribution in [0.25, 0.3) is 23.1 Å². The smallest absolute Gasteiger partial charge is 0.199 e. The predicted molar refractivity (Wildman–Crippen MR) is 84.2 cm³/mol. The molecule has 2 heterocycles. The first-order valence-corrected chi connectivity index (χ1v) is 7.24. The van der Waals surface area contributed by atoms with Crippen LogP contribution in [0.15, 0.2) is 33.7 Å². The largest absolute Gasteiger partial charge is 0.463 e. The number of rotatable bonds is 5. The topological polar surface area (TPSA) is 84.7 Å². The van der Waals surface area contributed by atoms with Gasteiger partial charge in [0.05, 0.1) is 10.9 Å². The van der Waals surface area contributed by atoms with Crippen molar-refractivity contribution in [1.29, 1.82) is 0 Å². The minimum Gasteiger partial charge on any atom is -0.463 e. The molecule has 2 aromatic heterocycles. The van der Waals surface area contributed by atoms with Gasteiger partial charge in [-0.1, -0.05) is 19.4 Å². The number of tetrazole rings is 1. The van der Waals surface area contributed by atoms with E-state index >= 15 is 0 Å². The molecule has 22 heavy (non-hydrogen) atoms. The molecule has 0 amide bonds. The Morgan fingerprint density at radius 3 is 3.00 bits per heavy atom. The van der Waals surface area contributed by atoms with Crippen LogP contribution in [0.5, 0.6) is 0 Å². The Kier molecular flexibility index (Phi) is 4.09. The summed E-state index contributed by atoms with van der Waals surface area (Å²) in [7, 11) is 0. The third-order valence-corrected chi connectivity index (χ3v) is 3.46. The first kappa shape index (κ1) is 14.2. The molecular formula is C16H16N4O2. The van der Waals surface area contributed by atoms with Crippen LogP contribution in [-0.2, 0) is 6.42 Å². The van der Waals surface area contributed by atoms with E-state index in [4.69, 9.17) is 4.42 Å². The first-order valence-electron chi connectivity index (χ1n) is 7.24. The molecule has 6 nitrogen and oxygen atoms in total. The molecule has 3 aromatic rings. The molecule has 0 saturated heterocycles. The van der Waals surface area contributed by atoms with E-state index in [-0.39, 0.29) is 5.43 Å². The van der Waals surface area contributed by atoms with Crippen LogP contribution < -0.4 is 5.43 Å². The third kappa shape index (κ3) is 2.95. The van der Waals surface area contributed by atoms with E-state index < -0.39 is 0 Å². The number of unbranched alkanes of at least 4 members (excludes halogenated alkanes) is 1. The molecule has 0 fully saturated rings. The average molecular weight is 296 g/mol. The molecule has 0 spiro atoms. The fraction of sp³-hybridized carbons (Fsp3) is 0.250. The molecule has 3 rings (SSSR count). The summed E-state index contributed by atoms with van der Waals surface area (Å²) in [6, 6.07) is 5.78. The van der Waals surface area contributed by atoms with Crippen molar-refractivity contribution in [2.75, 3.05) is 0 Å². The van der Waals surface area contributed by atoms with Crippen molar-refractivity contribution in [1.82, 2.24) is 20.6 Å². The lowest BCUT2D eigenvalue weighted by molar-refractivity contribution is 0.601. The Balaban J connectivity index is 1.98. The maximum Gasteiger partial charge on any atom is 0.199 e. The van der Waals surface area contributed by atoms with Crippen molar-refractivity contribution in [3.8, 4) is 0 Å². The van der Waals surface area contributed by atoms with E-state index in [9.17, 15) is 4.79 Å². The SMILES string of the molecule is CCCCc1ccc2occ(C=Cc3nn[nH]n3)c(=O)c2c1. The highest BCUT2D eigenvalue weighted by Gasteiger charge is 2.06. The van der Waals surface area contributed by atoms with Gasteiger partial charge in [-0.15, -0.1) is 10.2 Å². The van der Waals surface area contributed by atoms with E-state index in [0.29, 0.717) is 22.4 Å². The lowest BCUT2D eigenvalue weighted by atomic mass is 10.0. The molecule has 0 saturated carbocycles. The molecule has 0 aliphatic heterocycles. The Morgan fingerprint density at radius 1 is 1.32 bits per heavy atom. The summed E-state index contributed by atoms with van der Waals surface area (Å²) in [6.45, 7) is 2.15. The van der Waals surface area contributed by atoms with Gasteiger partial charge in [0.25, 0.3) is 0 Å². The molecule has 6 heteroatoms. The highest BCUT2D eigenvalue weighted by Crippen LogP contribution is 2.16. The van der Waals surface area contributed by atoms with Gasteiger partial charge in [0.15, 0.2) is 11.3 Å². The molecule has 112 valence electrons. The predicted octanol–water partition coefficient (Wildman–Crippen LogP) is 2.82. The Hall–Kier alpha value is -2.76. The van der Waals surface area contributed by atoms with Crippen LogP contribution >= 0.6 is 0 Å². The number of hydrogen-bond donors (Lipinski definition) is 1. The van der Waals surface area contributed by atoms with E-state index in [2.05, 4.69) is 27.5 Å². The Bertz CT molecular complexity index is 850. The van der Waals surface area contributed by atoms with Crippen molar-refractivity contribution >= 4 is 23.1 Å². The Morgan fingerprint density at radius 2 is 2.23 bits per heavy atom. The molecule has 0 aliphatic rings.